The lowest BCUT2D eigenvalue weighted by atomic mass is 9.93. The van der Waals surface area contributed by atoms with Crippen LogP contribution in [0.3, 0.4) is 0 Å². The Hall–Kier alpha value is -3.73. The predicted octanol–water partition coefficient (Wildman–Crippen LogP) is 3.07. The summed E-state index contributed by atoms with van der Waals surface area (Å²) < 4.78 is 5.58. The Kier molecular flexibility index (Phi) is 8.96. The average molecular weight is 578 g/mol. The number of carbonyl (C=O) groups is 3. The molecule has 1 aromatic carbocycles. The molecule has 1 aromatic heterocycles. The molecule has 2 fully saturated rings. The number of anilines is 1. The molecule has 0 radical (unpaired) electrons. The highest BCUT2D eigenvalue weighted by atomic mass is 16.6. The number of benzene rings is 1. The van der Waals surface area contributed by atoms with Crippen molar-refractivity contribution >= 4 is 23.7 Å². The van der Waals surface area contributed by atoms with Gasteiger partial charge >= 0.3 is 6.09 Å². The van der Waals surface area contributed by atoms with Gasteiger partial charge in [-0.05, 0) is 57.6 Å². The second-order valence-electron chi connectivity index (χ2n) is 12.6. The van der Waals surface area contributed by atoms with E-state index >= 15 is 0 Å². The largest absolute Gasteiger partial charge is 0.444 e. The zero-order chi connectivity index (χ0) is 29.9. The van der Waals surface area contributed by atoms with Gasteiger partial charge in [0.2, 0.25) is 5.91 Å². The van der Waals surface area contributed by atoms with E-state index in [2.05, 4.69) is 49.8 Å². The van der Waals surface area contributed by atoms with E-state index in [-0.39, 0.29) is 29.9 Å². The smallest absolute Gasteiger partial charge is 0.407 e. The lowest BCUT2D eigenvalue weighted by Crippen LogP contribution is -2.62. The number of fused-ring (bicyclic) bond motifs is 1. The van der Waals surface area contributed by atoms with E-state index in [1.165, 1.54) is 17.5 Å². The maximum absolute atomic E-state index is 13.7. The molecule has 2 atom stereocenters. The number of amides is 3. The molecule has 4 heterocycles. The van der Waals surface area contributed by atoms with E-state index in [9.17, 15) is 14.4 Å². The molecular formula is C31H43N7O4. The minimum atomic E-state index is -0.594. The number of piperidine rings is 2. The van der Waals surface area contributed by atoms with Crippen LogP contribution in [0.5, 0.6) is 0 Å². The molecule has 2 N–H and O–H groups in total. The number of carbonyl (C=O) groups excluding carboxylic acids is 3. The van der Waals surface area contributed by atoms with Crippen LogP contribution in [0, 0.1) is 0 Å². The first kappa shape index (κ1) is 29.8. The van der Waals surface area contributed by atoms with Gasteiger partial charge in [0.15, 0.2) is 0 Å². The van der Waals surface area contributed by atoms with Gasteiger partial charge in [0.25, 0.3) is 5.91 Å². The highest BCUT2D eigenvalue weighted by molar-refractivity contribution is 5.93. The molecule has 11 nitrogen and oxygen atoms in total. The number of likely N-dealkylation sites (tertiary alicyclic amines) is 2. The number of alkyl carbamates (subject to hydrolysis) is 1. The number of aromatic nitrogens is 2. The number of hydrogen-bond donors (Lipinski definition) is 2. The predicted molar refractivity (Wildman–Crippen MR) is 159 cm³/mol. The molecule has 0 saturated carbocycles. The highest BCUT2D eigenvalue weighted by Gasteiger charge is 2.38. The third kappa shape index (κ3) is 7.36. The Morgan fingerprint density at radius 1 is 0.952 bits per heavy atom. The van der Waals surface area contributed by atoms with Crippen molar-refractivity contribution in [3.05, 3.63) is 53.5 Å². The number of rotatable bonds is 5. The fourth-order valence-electron chi connectivity index (χ4n) is 6.18. The van der Waals surface area contributed by atoms with Crippen molar-refractivity contribution in [1.29, 1.82) is 0 Å². The summed E-state index contributed by atoms with van der Waals surface area (Å²) in [5, 5.41) is 6.54. The van der Waals surface area contributed by atoms with Crippen molar-refractivity contribution in [2.24, 2.45) is 0 Å². The summed E-state index contributed by atoms with van der Waals surface area (Å²) in [5.41, 5.74) is 2.38. The number of ether oxygens (including phenoxy) is 1. The third-order valence-corrected chi connectivity index (χ3v) is 8.38. The quantitative estimate of drug-likeness (QED) is 0.557. The molecular weight excluding hydrogens is 534 g/mol. The van der Waals surface area contributed by atoms with Crippen LogP contribution in [-0.2, 0) is 22.5 Å². The normalized spacial score (nSPS) is 21.8. The van der Waals surface area contributed by atoms with Gasteiger partial charge in [-0.15, -0.1) is 0 Å². The Balaban J connectivity index is 1.28. The number of nitrogens with zero attached hydrogens (tertiary/aromatic N) is 5. The first-order valence-corrected chi connectivity index (χ1v) is 15.0. The molecule has 2 saturated heterocycles. The zero-order valence-electron chi connectivity index (χ0n) is 25.1. The Morgan fingerprint density at radius 2 is 1.67 bits per heavy atom. The molecule has 0 aliphatic carbocycles. The van der Waals surface area contributed by atoms with E-state index in [0.717, 1.165) is 32.4 Å². The summed E-state index contributed by atoms with van der Waals surface area (Å²) in [7, 11) is 0. The number of nitrogens with one attached hydrogen (secondary N) is 2. The van der Waals surface area contributed by atoms with E-state index in [1.807, 2.05) is 30.6 Å². The summed E-state index contributed by atoms with van der Waals surface area (Å²) in [5.74, 6) is 0.561. The van der Waals surface area contributed by atoms with Crippen molar-refractivity contribution in [3.63, 3.8) is 0 Å². The highest BCUT2D eigenvalue weighted by Crippen LogP contribution is 2.26. The average Bonchev–Trinajstić information content (AvgIpc) is 2.96. The van der Waals surface area contributed by atoms with Gasteiger partial charge in [0, 0.05) is 64.3 Å². The number of hydrogen-bond acceptors (Lipinski definition) is 8. The van der Waals surface area contributed by atoms with Gasteiger partial charge in [0.1, 0.15) is 23.4 Å². The fourth-order valence-corrected chi connectivity index (χ4v) is 6.18. The van der Waals surface area contributed by atoms with Gasteiger partial charge < -0.3 is 25.2 Å². The summed E-state index contributed by atoms with van der Waals surface area (Å²) >= 11 is 0. The van der Waals surface area contributed by atoms with Gasteiger partial charge in [-0.3, -0.25) is 14.5 Å². The zero-order valence-corrected chi connectivity index (χ0v) is 25.1. The van der Waals surface area contributed by atoms with E-state index < -0.39 is 11.7 Å². The summed E-state index contributed by atoms with van der Waals surface area (Å²) in [4.78, 5) is 52.9. The van der Waals surface area contributed by atoms with Crippen LogP contribution in [0.25, 0.3) is 0 Å². The first-order valence-electron chi connectivity index (χ1n) is 15.0. The maximum atomic E-state index is 13.7. The van der Waals surface area contributed by atoms with Crippen molar-refractivity contribution in [2.75, 3.05) is 38.0 Å². The minimum Gasteiger partial charge on any atom is -0.444 e. The van der Waals surface area contributed by atoms with E-state index in [0.29, 0.717) is 44.1 Å². The fraction of sp³-hybridized carbons (Fsp3) is 0.581. The van der Waals surface area contributed by atoms with Gasteiger partial charge in [0.05, 0.1) is 6.04 Å². The topological polar surface area (TPSA) is 120 Å². The van der Waals surface area contributed by atoms with Gasteiger partial charge in [-0.1, -0.05) is 24.3 Å². The van der Waals surface area contributed by atoms with Crippen LogP contribution in [0.4, 0.5) is 10.6 Å². The Morgan fingerprint density at radius 3 is 2.38 bits per heavy atom. The SMILES string of the molecule is CC(=O)N1CCC(Nc2cc(C(=O)N3CCC(NC(=O)OC(C)(C)C)C(N4CCc5ccccc5C4)C3)ncn2)CC1. The Bertz CT molecular complexity index is 1290. The van der Waals surface area contributed by atoms with Gasteiger partial charge in [-0.25, -0.2) is 14.8 Å². The monoisotopic (exact) mass is 577 g/mol. The van der Waals surface area contributed by atoms with Crippen LogP contribution >= 0.6 is 0 Å². The Labute approximate surface area is 248 Å². The van der Waals surface area contributed by atoms with Crippen LogP contribution in [0.15, 0.2) is 36.7 Å². The van der Waals surface area contributed by atoms with Crippen molar-refractivity contribution in [2.45, 2.75) is 83.6 Å². The minimum absolute atomic E-state index is 0.0746. The van der Waals surface area contributed by atoms with Crippen molar-refractivity contribution in [1.82, 2.24) is 30.0 Å². The molecule has 3 aliphatic rings. The van der Waals surface area contributed by atoms with Crippen molar-refractivity contribution < 1.29 is 19.1 Å². The van der Waals surface area contributed by atoms with Crippen LogP contribution in [0.1, 0.15) is 68.6 Å². The van der Waals surface area contributed by atoms with E-state index in [1.54, 1.807) is 13.0 Å². The summed E-state index contributed by atoms with van der Waals surface area (Å²) in [6, 6.07) is 10.1. The van der Waals surface area contributed by atoms with Gasteiger partial charge in [-0.2, -0.15) is 0 Å². The third-order valence-electron chi connectivity index (χ3n) is 8.38. The second kappa shape index (κ2) is 12.6. The first-order chi connectivity index (χ1) is 20.1. The molecule has 2 unspecified atom stereocenters. The molecule has 0 bridgehead atoms. The van der Waals surface area contributed by atoms with Crippen molar-refractivity contribution in [3.8, 4) is 0 Å². The standard InChI is InChI=1S/C31H43N7O4/c1-21(39)36-14-10-24(11-15-36)34-28-17-26(32-20-33-28)29(40)38-16-12-25(35-30(41)42-31(2,3)4)27(19-38)37-13-9-22-7-5-6-8-23(22)18-37/h5-8,17,20,24-25,27H,9-16,18-19H2,1-4H3,(H,35,41)(H,32,33,34). The lowest BCUT2D eigenvalue weighted by molar-refractivity contribution is -0.129. The second-order valence-corrected chi connectivity index (χ2v) is 12.6. The molecule has 226 valence electrons. The molecule has 11 heteroatoms. The van der Waals surface area contributed by atoms with Crippen LogP contribution in [0.2, 0.25) is 0 Å². The molecule has 3 aliphatic heterocycles. The molecule has 42 heavy (non-hydrogen) atoms. The van der Waals surface area contributed by atoms with Crippen LogP contribution < -0.4 is 10.6 Å². The molecule has 0 spiro atoms. The van der Waals surface area contributed by atoms with E-state index in [4.69, 9.17) is 4.74 Å². The lowest BCUT2D eigenvalue weighted by Gasteiger charge is -2.45. The maximum Gasteiger partial charge on any atom is 0.407 e. The summed E-state index contributed by atoms with van der Waals surface area (Å²) in [6.45, 7) is 11.2. The van der Waals surface area contributed by atoms with Crippen LogP contribution in [-0.4, -0.2) is 99.0 Å². The summed E-state index contributed by atoms with van der Waals surface area (Å²) in [6.07, 6.45) is 4.17. The molecule has 2 aromatic rings. The molecule has 5 rings (SSSR count). The molecule has 3 amide bonds.